The van der Waals surface area contributed by atoms with Gasteiger partial charge >= 0.3 is 0 Å². The third-order valence-corrected chi connectivity index (χ3v) is 4.53. The van der Waals surface area contributed by atoms with Crippen molar-refractivity contribution in [2.45, 2.75) is 31.4 Å². The molecule has 1 aromatic rings. The van der Waals surface area contributed by atoms with Gasteiger partial charge in [-0.1, -0.05) is 27.5 Å². The molecule has 0 aromatic heterocycles. The Bertz CT molecular complexity index is 488. The second-order valence-corrected chi connectivity index (χ2v) is 6.42. The molecule has 2 unspecified atom stereocenters. The second-order valence-electron chi connectivity index (χ2n) is 5.06. The van der Waals surface area contributed by atoms with E-state index in [4.69, 9.17) is 16.3 Å². The number of hydrogen-bond acceptors (Lipinski definition) is 2. The first-order valence-electron chi connectivity index (χ1n) is 6.54. The highest BCUT2D eigenvalue weighted by Crippen LogP contribution is 2.31. The van der Waals surface area contributed by atoms with Crippen molar-refractivity contribution >= 4 is 33.4 Å². The van der Waals surface area contributed by atoms with Crippen LogP contribution in [0.3, 0.4) is 0 Å². The predicted octanol–water partition coefficient (Wildman–Crippen LogP) is 3.50. The molecule has 0 spiro atoms. The molecule has 1 saturated carbocycles. The summed E-state index contributed by atoms with van der Waals surface area (Å²) in [5, 5.41) is 0.578. The SMILES string of the molecule is O=C(c1cc(Cl)cc(Br)c1)N1CCOC2CCCC21. The van der Waals surface area contributed by atoms with E-state index in [2.05, 4.69) is 15.9 Å². The Kier molecular flexibility index (Phi) is 3.83. The summed E-state index contributed by atoms with van der Waals surface area (Å²) in [7, 11) is 0. The Hall–Kier alpha value is -0.580. The number of fused-ring (bicyclic) bond motifs is 1. The molecular formula is C14H15BrClNO2. The number of hydrogen-bond donors (Lipinski definition) is 0. The maximum atomic E-state index is 12.6. The molecule has 2 atom stereocenters. The van der Waals surface area contributed by atoms with Crippen LogP contribution < -0.4 is 0 Å². The number of benzene rings is 1. The van der Waals surface area contributed by atoms with E-state index in [-0.39, 0.29) is 18.1 Å². The van der Waals surface area contributed by atoms with Gasteiger partial charge in [0.15, 0.2) is 0 Å². The molecule has 1 aromatic carbocycles. The van der Waals surface area contributed by atoms with Crippen molar-refractivity contribution in [3.8, 4) is 0 Å². The van der Waals surface area contributed by atoms with Crippen molar-refractivity contribution in [2.24, 2.45) is 0 Å². The Balaban J connectivity index is 1.86. The molecule has 3 nitrogen and oxygen atoms in total. The third kappa shape index (κ3) is 2.67. The molecule has 3 rings (SSSR count). The summed E-state index contributed by atoms with van der Waals surface area (Å²) >= 11 is 9.40. The minimum atomic E-state index is 0.0587. The Morgan fingerprint density at radius 1 is 1.37 bits per heavy atom. The average Bonchev–Trinajstić information content (AvgIpc) is 2.84. The topological polar surface area (TPSA) is 29.5 Å². The first-order chi connectivity index (χ1) is 9.15. The quantitative estimate of drug-likeness (QED) is 0.780. The zero-order valence-electron chi connectivity index (χ0n) is 10.4. The lowest BCUT2D eigenvalue weighted by molar-refractivity contribution is -0.0445. The van der Waals surface area contributed by atoms with Gasteiger partial charge in [-0.15, -0.1) is 0 Å². The van der Waals surface area contributed by atoms with Gasteiger partial charge < -0.3 is 9.64 Å². The lowest BCUT2D eigenvalue weighted by Crippen LogP contribution is -2.51. The van der Waals surface area contributed by atoms with Crippen LogP contribution in [-0.2, 0) is 4.74 Å². The molecular weight excluding hydrogens is 330 g/mol. The molecule has 0 bridgehead atoms. The van der Waals surface area contributed by atoms with E-state index in [1.807, 2.05) is 11.0 Å². The molecule has 0 radical (unpaired) electrons. The zero-order valence-corrected chi connectivity index (χ0v) is 12.8. The smallest absolute Gasteiger partial charge is 0.254 e. The van der Waals surface area contributed by atoms with Crippen molar-refractivity contribution in [3.05, 3.63) is 33.3 Å². The molecule has 19 heavy (non-hydrogen) atoms. The molecule has 5 heteroatoms. The summed E-state index contributed by atoms with van der Waals surface area (Å²) < 4.78 is 6.57. The van der Waals surface area contributed by atoms with Gasteiger partial charge in [0.05, 0.1) is 18.8 Å². The van der Waals surface area contributed by atoms with Crippen molar-refractivity contribution in [3.63, 3.8) is 0 Å². The highest BCUT2D eigenvalue weighted by molar-refractivity contribution is 9.10. The van der Waals surface area contributed by atoms with E-state index in [0.29, 0.717) is 23.7 Å². The summed E-state index contributed by atoms with van der Waals surface area (Å²) in [5.41, 5.74) is 0.645. The number of amides is 1. The second kappa shape index (κ2) is 5.43. The van der Waals surface area contributed by atoms with Crippen molar-refractivity contribution < 1.29 is 9.53 Å². The van der Waals surface area contributed by atoms with E-state index in [1.165, 1.54) is 0 Å². The van der Waals surface area contributed by atoms with Gasteiger partial charge in [-0.2, -0.15) is 0 Å². The Labute approximate surface area is 126 Å². The molecule has 1 aliphatic heterocycles. The van der Waals surface area contributed by atoms with E-state index in [9.17, 15) is 4.79 Å². The number of ether oxygens (including phenoxy) is 1. The average molecular weight is 345 g/mol. The number of nitrogens with zero attached hydrogens (tertiary/aromatic N) is 1. The van der Waals surface area contributed by atoms with Gasteiger partial charge in [-0.3, -0.25) is 4.79 Å². The van der Waals surface area contributed by atoms with Crippen LogP contribution in [0.25, 0.3) is 0 Å². The van der Waals surface area contributed by atoms with Crippen LogP contribution in [0.5, 0.6) is 0 Å². The zero-order chi connectivity index (χ0) is 13.4. The lowest BCUT2D eigenvalue weighted by Gasteiger charge is -2.37. The summed E-state index contributed by atoms with van der Waals surface area (Å²) in [6.07, 6.45) is 3.46. The number of carbonyl (C=O) groups is 1. The lowest BCUT2D eigenvalue weighted by atomic mass is 10.1. The summed E-state index contributed by atoms with van der Waals surface area (Å²) in [6.45, 7) is 1.30. The fourth-order valence-corrected chi connectivity index (χ4v) is 3.88. The van der Waals surface area contributed by atoms with E-state index in [0.717, 1.165) is 23.7 Å². The maximum Gasteiger partial charge on any atom is 0.254 e. The highest BCUT2D eigenvalue weighted by Gasteiger charge is 2.38. The molecule has 1 aliphatic carbocycles. The predicted molar refractivity (Wildman–Crippen MR) is 77.6 cm³/mol. The van der Waals surface area contributed by atoms with Crippen LogP contribution in [0.4, 0.5) is 0 Å². The van der Waals surface area contributed by atoms with Crippen LogP contribution in [0.2, 0.25) is 5.02 Å². The van der Waals surface area contributed by atoms with E-state index >= 15 is 0 Å². The molecule has 102 valence electrons. The number of carbonyl (C=O) groups excluding carboxylic acids is 1. The van der Waals surface area contributed by atoms with Gasteiger partial charge in [-0.25, -0.2) is 0 Å². The Morgan fingerprint density at radius 2 is 2.21 bits per heavy atom. The standard InChI is InChI=1S/C14H15BrClNO2/c15-10-6-9(7-11(16)8-10)14(18)17-4-5-19-13-3-1-2-12(13)17/h6-8,12-13H,1-5H2. The number of morpholine rings is 1. The minimum Gasteiger partial charge on any atom is -0.374 e. The fourth-order valence-electron chi connectivity index (χ4n) is 3.02. The van der Waals surface area contributed by atoms with Gasteiger partial charge in [0.2, 0.25) is 0 Å². The monoisotopic (exact) mass is 343 g/mol. The maximum absolute atomic E-state index is 12.6. The first kappa shape index (κ1) is 13.4. The van der Waals surface area contributed by atoms with Crippen molar-refractivity contribution in [2.75, 3.05) is 13.2 Å². The van der Waals surface area contributed by atoms with E-state index in [1.54, 1.807) is 12.1 Å². The molecule has 2 aliphatic rings. The van der Waals surface area contributed by atoms with Crippen LogP contribution in [-0.4, -0.2) is 36.1 Å². The van der Waals surface area contributed by atoms with Crippen molar-refractivity contribution in [1.82, 2.24) is 4.90 Å². The summed E-state index contributed by atoms with van der Waals surface area (Å²) in [4.78, 5) is 14.6. The van der Waals surface area contributed by atoms with Gasteiger partial charge in [0.25, 0.3) is 5.91 Å². The van der Waals surface area contributed by atoms with Gasteiger partial charge in [0, 0.05) is 21.6 Å². The van der Waals surface area contributed by atoms with Crippen molar-refractivity contribution in [1.29, 1.82) is 0 Å². The summed E-state index contributed by atoms with van der Waals surface area (Å²) in [5.74, 6) is 0.0587. The highest BCUT2D eigenvalue weighted by atomic mass is 79.9. The number of halogens is 2. The van der Waals surface area contributed by atoms with Crippen LogP contribution in [0, 0.1) is 0 Å². The molecule has 1 heterocycles. The van der Waals surface area contributed by atoms with Gasteiger partial charge in [-0.05, 0) is 37.5 Å². The number of rotatable bonds is 1. The van der Waals surface area contributed by atoms with Crippen LogP contribution >= 0.6 is 27.5 Å². The first-order valence-corrected chi connectivity index (χ1v) is 7.71. The molecule has 2 fully saturated rings. The third-order valence-electron chi connectivity index (χ3n) is 3.85. The molecule has 1 amide bonds. The van der Waals surface area contributed by atoms with Crippen LogP contribution in [0.1, 0.15) is 29.6 Å². The molecule has 1 saturated heterocycles. The normalized spacial score (nSPS) is 26.3. The van der Waals surface area contributed by atoms with Gasteiger partial charge in [0.1, 0.15) is 0 Å². The van der Waals surface area contributed by atoms with E-state index < -0.39 is 0 Å². The Morgan fingerprint density at radius 3 is 3.00 bits per heavy atom. The van der Waals surface area contributed by atoms with Crippen LogP contribution in [0.15, 0.2) is 22.7 Å². The minimum absolute atomic E-state index is 0.0587. The largest absolute Gasteiger partial charge is 0.374 e. The summed E-state index contributed by atoms with van der Waals surface area (Å²) in [6, 6.07) is 5.58. The molecule has 0 N–H and O–H groups in total. The fraction of sp³-hybridized carbons (Fsp3) is 0.500.